The predicted molar refractivity (Wildman–Crippen MR) is 54.9 cm³/mol. The van der Waals surface area contributed by atoms with Gasteiger partial charge < -0.3 is 4.74 Å². The highest BCUT2D eigenvalue weighted by molar-refractivity contribution is 7.85. The van der Waals surface area contributed by atoms with Gasteiger partial charge in [0.15, 0.2) is 0 Å². The van der Waals surface area contributed by atoms with Crippen LogP contribution in [0.25, 0.3) is 0 Å². The number of hydrogen-bond donors (Lipinski definition) is 0. The van der Waals surface area contributed by atoms with E-state index in [-0.39, 0.29) is 6.61 Å². The Balaban J connectivity index is 2.22. The van der Waals surface area contributed by atoms with Crippen molar-refractivity contribution < 1.29 is 22.1 Å². The first-order chi connectivity index (χ1) is 7.16. The van der Waals surface area contributed by atoms with Gasteiger partial charge in [0, 0.05) is 0 Å². The van der Waals surface area contributed by atoms with E-state index < -0.39 is 27.5 Å². The summed E-state index contributed by atoms with van der Waals surface area (Å²) >= 11 is 0. The van der Waals surface area contributed by atoms with Gasteiger partial charge in [0.25, 0.3) is 0 Å². The van der Waals surface area contributed by atoms with Gasteiger partial charge in [0.2, 0.25) is 0 Å². The Hall–Kier alpha value is -0.820. The molecule has 0 aromatic heterocycles. The standard InChI is InChI=1S/C9H15NO5S/c1-8(2,3)15-7(11)10-9(4-5-9)6-14-16(10,12)13/h4-6H2,1-3H3. The second-order valence-electron chi connectivity index (χ2n) is 5.19. The highest BCUT2D eigenvalue weighted by Gasteiger charge is 2.62. The van der Waals surface area contributed by atoms with Crippen LogP contribution in [0.3, 0.4) is 0 Å². The average molecular weight is 249 g/mol. The van der Waals surface area contributed by atoms with E-state index in [0.29, 0.717) is 12.8 Å². The van der Waals surface area contributed by atoms with Crippen molar-refractivity contribution in [3.05, 3.63) is 0 Å². The molecule has 92 valence electrons. The normalized spacial score (nSPS) is 25.8. The molecular weight excluding hydrogens is 234 g/mol. The molecule has 0 unspecified atom stereocenters. The molecule has 0 N–H and O–H groups in total. The Morgan fingerprint density at radius 1 is 1.38 bits per heavy atom. The van der Waals surface area contributed by atoms with E-state index >= 15 is 0 Å². The minimum Gasteiger partial charge on any atom is -0.443 e. The molecule has 1 saturated heterocycles. The molecule has 7 heteroatoms. The lowest BCUT2D eigenvalue weighted by atomic mass is 10.2. The zero-order chi connectivity index (χ0) is 12.2. The molecule has 0 aromatic carbocycles. The van der Waals surface area contributed by atoms with Crippen molar-refractivity contribution in [2.75, 3.05) is 6.61 Å². The second-order valence-corrected chi connectivity index (χ2v) is 6.65. The van der Waals surface area contributed by atoms with Crippen LogP contribution in [0.5, 0.6) is 0 Å². The second kappa shape index (κ2) is 3.10. The third kappa shape index (κ3) is 1.89. The summed E-state index contributed by atoms with van der Waals surface area (Å²) in [4.78, 5) is 11.8. The van der Waals surface area contributed by atoms with Gasteiger partial charge in [-0.15, -0.1) is 0 Å². The molecule has 16 heavy (non-hydrogen) atoms. The summed E-state index contributed by atoms with van der Waals surface area (Å²) < 4.78 is 33.6. The van der Waals surface area contributed by atoms with Gasteiger partial charge >= 0.3 is 16.4 Å². The third-order valence-electron chi connectivity index (χ3n) is 2.52. The third-order valence-corrected chi connectivity index (χ3v) is 3.92. The fraction of sp³-hybridized carbons (Fsp3) is 0.889. The smallest absolute Gasteiger partial charge is 0.426 e. The van der Waals surface area contributed by atoms with Crippen LogP contribution in [0, 0.1) is 0 Å². The van der Waals surface area contributed by atoms with Crippen LogP contribution in [-0.4, -0.2) is 36.6 Å². The Morgan fingerprint density at radius 3 is 2.38 bits per heavy atom. The van der Waals surface area contributed by atoms with Crippen molar-refractivity contribution in [2.45, 2.75) is 44.8 Å². The Labute approximate surface area is 94.8 Å². The number of nitrogens with zero attached hydrogens (tertiary/aromatic N) is 1. The summed E-state index contributed by atoms with van der Waals surface area (Å²) in [6, 6.07) is 0. The summed E-state index contributed by atoms with van der Waals surface area (Å²) in [6.45, 7) is 5.12. The topological polar surface area (TPSA) is 72.9 Å². The molecule has 0 radical (unpaired) electrons. The quantitative estimate of drug-likeness (QED) is 0.641. The van der Waals surface area contributed by atoms with Gasteiger partial charge in [-0.1, -0.05) is 0 Å². The Morgan fingerprint density at radius 2 is 1.94 bits per heavy atom. The predicted octanol–water partition coefficient (Wildman–Crippen LogP) is 1.03. The lowest BCUT2D eigenvalue weighted by Crippen LogP contribution is -2.44. The van der Waals surface area contributed by atoms with Gasteiger partial charge in [0.05, 0.1) is 12.1 Å². The summed E-state index contributed by atoms with van der Waals surface area (Å²) in [6.07, 6.45) is 0.444. The minimum absolute atomic E-state index is 0.0502. The highest BCUT2D eigenvalue weighted by atomic mass is 32.2. The molecule has 2 aliphatic rings. The Kier molecular flexibility index (Phi) is 2.26. The van der Waals surface area contributed by atoms with Gasteiger partial charge in [-0.2, -0.15) is 12.7 Å². The van der Waals surface area contributed by atoms with Gasteiger partial charge in [-0.25, -0.2) is 4.79 Å². The highest BCUT2D eigenvalue weighted by Crippen LogP contribution is 2.48. The van der Waals surface area contributed by atoms with Crippen molar-refractivity contribution in [3.63, 3.8) is 0 Å². The first-order valence-electron chi connectivity index (χ1n) is 5.09. The molecule has 0 aromatic rings. The lowest BCUT2D eigenvalue weighted by Gasteiger charge is -2.25. The number of ether oxygens (including phenoxy) is 1. The Bertz CT molecular complexity index is 418. The van der Waals surface area contributed by atoms with E-state index in [1.807, 2.05) is 0 Å². The number of carbonyl (C=O) groups is 1. The molecule has 2 fully saturated rings. The van der Waals surface area contributed by atoms with Gasteiger partial charge in [0.1, 0.15) is 5.60 Å². The molecule has 0 atom stereocenters. The summed E-state index contributed by atoms with van der Waals surface area (Å²) in [7, 11) is -3.95. The van der Waals surface area contributed by atoms with Crippen molar-refractivity contribution in [2.24, 2.45) is 0 Å². The molecule has 1 aliphatic carbocycles. The van der Waals surface area contributed by atoms with Crippen molar-refractivity contribution in [1.82, 2.24) is 4.31 Å². The maximum atomic E-state index is 11.8. The van der Waals surface area contributed by atoms with Crippen LogP contribution >= 0.6 is 0 Å². The number of amides is 1. The molecule has 1 saturated carbocycles. The van der Waals surface area contributed by atoms with Crippen LogP contribution in [0.1, 0.15) is 33.6 Å². The summed E-state index contributed by atoms with van der Waals surface area (Å²) in [5.41, 5.74) is -1.38. The fourth-order valence-corrected chi connectivity index (χ4v) is 3.02. The SMILES string of the molecule is CC(C)(C)OC(=O)N1C2(CC2)COS1(=O)=O. The van der Waals surface area contributed by atoms with Crippen LogP contribution in [0.15, 0.2) is 0 Å². The van der Waals surface area contributed by atoms with Crippen molar-refractivity contribution in [3.8, 4) is 0 Å². The van der Waals surface area contributed by atoms with Crippen molar-refractivity contribution >= 4 is 16.4 Å². The largest absolute Gasteiger partial charge is 0.443 e. The first-order valence-corrected chi connectivity index (χ1v) is 6.46. The molecular formula is C9H15NO5S. The maximum Gasteiger partial charge on any atom is 0.426 e. The van der Waals surface area contributed by atoms with E-state index in [2.05, 4.69) is 4.18 Å². The van der Waals surface area contributed by atoms with Crippen LogP contribution < -0.4 is 0 Å². The molecule has 1 aliphatic heterocycles. The van der Waals surface area contributed by atoms with E-state index in [1.54, 1.807) is 20.8 Å². The fourth-order valence-electron chi connectivity index (χ4n) is 1.61. The van der Waals surface area contributed by atoms with Gasteiger partial charge in [-0.05, 0) is 33.6 Å². The van der Waals surface area contributed by atoms with E-state index in [4.69, 9.17) is 4.74 Å². The molecule has 1 heterocycles. The minimum atomic E-state index is -3.95. The monoisotopic (exact) mass is 249 g/mol. The lowest BCUT2D eigenvalue weighted by molar-refractivity contribution is 0.0342. The molecule has 0 bridgehead atoms. The first kappa shape index (κ1) is 11.7. The zero-order valence-electron chi connectivity index (χ0n) is 9.52. The van der Waals surface area contributed by atoms with Crippen LogP contribution in [0.4, 0.5) is 4.79 Å². The van der Waals surface area contributed by atoms with E-state index in [1.165, 1.54) is 0 Å². The zero-order valence-corrected chi connectivity index (χ0v) is 10.3. The van der Waals surface area contributed by atoms with Crippen molar-refractivity contribution in [1.29, 1.82) is 0 Å². The summed E-state index contributed by atoms with van der Waals surface area (Å²) in [5.74, 6) is 0. The van der Waals surface area contributed by atoms with Gasteiger partial charge in [-0.3, -0.25) is 4.18 Å². The van der Waals surface area contributed by atoms with E-state index in [0.717, 1.165) is 4.31 Å². The number of carbonyl (C=O) groups excluding carboxylic acids is 1. The molecule has 6 nitrogen and oxygen atoms in total. The number of rotatable bonds is 0. The average Bonchev–Trinajstić information content (AvgIpc) is 2.72. The molecule has 2 rings (SSSR count). The molecule has 1 spiro atoms. The summed E-state index contributed by atoms with van der Waals surface area (Å²) in [5, 5.41) is 0. The maximum absolute atomic E-state index is 11.8. The van der Waals surface area contributed by atoms with Crippen LogP contribution in [-0.2, 0) is 19.2 Å². The number of hydrogen-bond acceptors (Lipinski definition) is 5. The van der Waals surface area contributed by atoms with Crippen LogP contribution in [0.2, 0.25) is 0 Å². The van der Waals surface area contributed by atoms with E-state index in [9.17, 15) is 13.2 Å². The molecule has 1 amide bonds.